The molecule has 2 aromatic rings. The van der Waals surface area contributed by atoms with Gasteiger partial charge in [-0.25, -0.2) is 9.37 Å². The molecule has 0 aliphatic heterocycles. The highest BCUT2D eigenvalue weighted by atomic mass is 19.1. The zero-order chi connectivity index (χ0) is 20.5. The quantitative estimate of drug-likeness (QED) is 0.593. The molecular weight excluding hydrogens is 371 g/mol. The van der Waals surface area contributed by atoms with E-state index in [1.165, 1.54) is 12.8 Å². The number of hydrogen-bond acceptors (Lipinski definition) is 6. The molecule has 6 N–H and O–H groups in total. The van der Waals surface area contributed by atoms with E-state index in [4.69, 9.17) is 11.5 Å². The van der Waals surface area contributed by atoms with E-state index in [2.05, 4.69) is 20.6 Å². The predicted molar refractivity (Wildman–Crippen MR) is 111 cm³/mol. The second kappa shape index (κ2) is 7.94. The van der Waals surface area contributed by atoms with Crippen LogP contribution in [-0.2, 0) is 0 Å². The highest BCUT2D eigenvalue weighted by Gasteiger charge is 2.27. The van der Waals surface area contributed by atoms with Crippen LogP contribution in [0.4, 0.5) is 21.7 Å². The Hall–Kier alpha value is -2.74. The van der Waals surface area contributed by atoms with Crippen LogP contribution in [0, 0.1) is 12.7 Å². The lowest BCUT2D eigenvalue weighted by Gasteiger charge is -2.30. The van der Waals surface area contributed by atoms with Gasteiger partial charge >= 0.3 is 0 Å². The van der Waals surface area contributed by atoms with Gasteiger partial charge in [-0.3, -0.25) is 9.78 Å². The fourth-order valence-electron chi connectivity index (χ4n) is 3.96. The van der Waals surface area contributed by atoms with Crippen molar-refractivity contribution in [1.82, 2.24) is 9.97 Å². The second-order valence-electron chi connectivity index (χ2n) is 8.10. The summed E-state index contributed by atoms with van der Waals surface area (Å²) in [6.07, 6.45) is 7.91. The van der Waals surface area contributed by atoms with Gasteiger partial charge in [-0.05, 0) is 50.3 Å². The van der Waals surface area contributed by atoms with Crippen LogP contribution >= 0.6 is 0 Å². The van der Waals surface area contributed by atoms with E-state index in [9.17, 15) is 9.18 Å². The number of halogens is 1. The van der Waals surface area contributed by atoms with E-state index in [1.807, 2.05) is 13.0 Å². The van der Waals surface area contributed by atoms with Crippen LogP contribution in [0.25, 0.3) is 0 Å². The number of nitrogens with two attached hydrogens (primary N) is 2. The van der Waals surface area contributed by atoms with Crippen LogP contribution in [0.2, 0.25) is 0 Å². The maximum atomic E-state index is 14.6. The molecule has 2 heterocycles. The zero-order valence-electron chi connectivity index (χ0n) is 16.5. The Bertz CT molecular complexity index is 930. The minimum atomic E-state index is -0.751. The summed E-state index contributed by atoms with van der Waals surface area (Å²) in [5.74, 6) is -0.561. The molecule has 154 valence electrons. The van der Waals surface area contributed by atoms with Crippen LogP contribution < -0.4 is 22.1 Å². The molecule has 2 aliphatic rings. The van der Waals surface area contributed by atoms with Crippen molar-refractivity contribution in [3.05, 3.63) is 41.0 Å². The first-order chi connectivity index (χ1) is 13.9. The number of rotatable bonds is 6. The summed E-state index contributed by atoms with van der Waals surface area (Å²) >= 11 is 0. The molecule has 4 rings (SSSR count). The lowest BCUT2D eigenvalue weighted by molar-refractivity contribution is 0.100. The maximum Gasteiger partial charge on any atom is 0.252 e. The number of carbonyl (C=O) groups excluding carboxylic acids is 1. The van der Waals surface area contributed by atoms with E-state index in [-0.39, 0.29) is 29.3 Å². The minimum Gasteiger partial charge on any atom is -0.365 e. The van der Waals surface area contributed by atoms with Gasteiger partial charge in [0.25, 0.3) is 5.91 Å². The third kappa shape index (κ3) is 4.32. The van der Waals surface area contributed by atoms with Gasteiger partial charge in [0.05, 0.1) is 17.4 Å². The molecule has 2 fully saturated rings. The minimum absolute atomic E-state index is 0.00934. The molecule has 0 aromatic carbocycles. The number of aromatic nitrogens is 2. The molecule has 2 aromatic heterocycles. The van der Waals surface area contributed by atoms with Crippen LogP contribution in [-0.4, -0.2) is 28.0 Å². The van der Waals surface area contributed by atoms with Gasteiger partial charge in [-0.15, -0.1) is 0 Å². The molecule has 2 saturated carbocycles. The van der Waals surface area contributed by atoms with Crippen molar-refractivity contribution in [2.45, 2.75) is 63.5 Å². The topological polar surface area (TPSA) is 119 Å². The van der Waals surface area contributed by atoms with E-state index in [0.717, 1.165) is 43.0 Å². The van der Waals surface area contributed by atoms with E-state index in [1.54, 1.807) is 6.20 Å². The Morgan fingerprint density at radius 3 is 2.59 bits per heavy atom. The standard InChI is InChI=1S/C21H27FN6O/c1-11-8-13(10-25-18(11)12-6-7-12)26-20-14(19(24)29)9-15(22)21(28-20)27-17-5-3-2-4-16(17)23/h8-10,12,16-17H,2-7,23H2,1H3,(H2,24,29)(H2,26,27,28)/t16-,17+/m0/s1. The highest BCUT2D eigenvalue weighted by molar-refractivity contribution is 5.98. The number of hydrogen-bond donors (Lipinski definition) is 4. The Labute approximate surface area is 169 Å². The molecule has 0 saturated heterocycles. The molecule has 29 heavy (non-hydrogen) atoms. The van der Waals surface area contributed by atoms with Crippen molar-refractivity contribution < 1.29 is 9.18 Å². The fraction of sp³-hybridized carbons (Fsp3) is 0.476. The summed E-state index contributed by atoms with van der Waals surface area (Å²) in [4.78, 5) is 20.7. The summed E-state index contributed by atoms with van der Waals surface area (Å²) in [6.45, 7) is 2.01. The molecule has 0 spiro atoms. The highest BCUT2D eigenvalue weighted by Crippen LogP contribution is 2.40. The SMILES string of the molecule is Cc1cc(Nc2nc(N[C@@H]3CCCC[C@@H]3N)c(F)cc2C(N)=O)cnc1C1CC1. The molecule has 7 nitrogen and oxygen atoms in total. The molecule has 8 heteroatoms. The molecule has 1 amide bonds. The van der Waals surface area contributed by atoms with Crippen LogP contribution in [0.3, 0.4) is 0 Å². The third-order valence-corrected chi connectivity index (χ3v) is 5.73. The summed E-state index contributed by atoms with van der Waals surface area (Å²) in [7, 11) is 0. The van der Waals surface area contributed by atoms with Crippen molar-refractivity contribution in [1.29, 1.82) is 0 Å². The van der Waals surface area contributed by atoms with Gasteiger partial charge in [0.15, 0.2) is 11.6 Å². The summed E-state index contributed by atoms with van der Waals surface area (Å²) in [6, 6.07) is 2.96. The molecule has 2 atom stereocenters. The van der Waals surface area contributed by atoms with Gasteiger partial charge in [0.2, 0.25) is 0 Å². The summed E-state index contributed by atoms with van der Waals surface area (Å²) < 4.78 is 14.6. The molecule has 0 unspecified atom stereocenters. The van der Waals surface area contributed by atoms with Crippen molar-refractivity contribution in [3.8, 4) is 0 Å². The molecular formula is C21H27FN6O. The first-order valence-corrected chi connectivity index (χ1v) is 10.2. The Morgan fingerprint density at radius 2 is 1.93 bits per heavy atom. The predicted octanol–water partition coefficient (Wildman–Crippen LogP) is 3.33. The first kappa shape index (κ1) is 19.6. The van der Waals surface area contributed by atoms with Crippen LogP contribution in [0.1, 0.15) is 66.1 Å². The van der Waals surface area contributed by atoms with Crippen LogP contribution in [0.15, 0.2) is 18.3 Å². The number of carbonyl (C=O) groups is 1. The van der Waals surface area contributed by atoms with E-state index >= 15 is 0 Å². The maximum absolute atomic E-state index is 14.6. The number of nitrogens with one attached hydrogen (secondary N) is 2. The van der Waals surface area contributed by atoms with Crippen molar-refractivity contribution in [3.63, 3.8) is 0 Å². The van der Waals surface area contributed by atoms with Crippen LogP contribution in [0.5, 0.6) is 0 Å². The number of primary amides is 1. The van der Waals surface area contributed by atoms with Crippen molar-refractivity contribution >= 4 is 23.2 Å². The third-order valence-electron chi connectivity index (χ3n) is 5.73. The largest absolute Gasteiger partial charge is 0.365 e. The smallest absolute Gasteiger partial charge is 0.252 e. The number of aryl methyl sites for hydroxylation is 1. The average Bonchev–Trinajstić information content (AvgIpc) is 3.51. The summed E-state index contributed by atoms with van der Waals surface area (Å²) in [5.41, 5.74) is 14.5. The number of anilines is 3. The van der Waals surface area contributed by atoms with E-state index in [0.29, 0.717) is 11.6 Å². The van der Waals surface area contributed by atoms with Crippen molar-refractivity contribution in [2.75, 3.05) is 10.6 Å². The van der Waals surface area contributed by atoms with E-state index < -0.39 is 11.7 Å². The molecule has 0 bridgehead atoms. The van der Waals surface area contributed by atoms with Gasteiger partial charge in [-0.2, -0.15) is 0 Å². The van der Waals surface area contributed by atoms with Crippen molar-refractivity contribution in [2.24, 2.45) is 11.5 Å². The Morgan fingerprint density at radius 1 is 1.17 bits per heavy atom. The normalized spacial score (nSPS) is 21.6. The second-order valence-corrected chi connectivity index (χ2v) is 8.10. The lowest BCUT2D eigenvalue weighted by Crippen LogP contribution is -2.43. The number of pyridine rings is 2. The van der Waals surface area contributed by atoms with Gasteiger partial charge in [0.1, 0.15) is 5.82 Å². The van der Waals surface area contributed by atoms with Gasteiger partial charge in [0, 0.05) is 23.7 Å². The first-order valence-electron chi connectivity index (χ1n) is 10.2. The zero-order valence-corrected chi connectivity index (χ0v) is 16.5. The van der Waals surface area contributed by atoms with Gasteiger partial charge in [-0.1, -0.05) is 12.8 Å². The fourth-order valence-corrected chi connectivity index (χ4v) is 3.96. The van der Waals surface area contributed by atoms with Gasteiger partial charge < -0.3 is 22.1 Å². The number of nitrogens with zero attached hydrogens (tertiary/aromatic N) is 2. The monoisotopic (exact) mass is 398 g/mol. The Balaban J connectivity index is 1.62. The summed E-state index contributed by atoms with van der Waals surface area (Å²) in [5, 5.41) is 6.20. The molecule has 0 radical (unpaired) electrons. The molecule has 2 aliphatic carbocycles. The average molecular weight is 398 g/mol. The number of amides is 1. The lowest BCUT2D eigenvalue weighted by atomic mass is 9.91. The Kier molecular flexibility index (Phi) is 5.36.